The second-order valence-electron chi connectivity index (χ2n) is 9.25. The number of piperidine rings is 1. The molecule has 4 aromatic rings. The summed E-state index contributed by atoms with van der Waals surface area (Å²) in [4.78, 5) is 18.4. The van der Waals surface area contributed by atoms with Gasteiger partial charge in [0.25, 0.3) is 0 Å². The highest BCUT2D eigenvalue weighted by molar-refractivity contribution is 6.35. The number of ether oxygens (including phenoxy) is 1. The van der Waals surface area contributed by atoms with Gasteiger partial charge < -0.3 is 18.8 Å². The van der Waals surface area contributed by atoms with Crippen LogP contribution < -0.4 is 4.74 Å². The van der Waals surface area contributed by atoms with E-state index in [1.54, 1.807) is 36.4 Å². The topological polar surface area (TPSA) is 80.7 Å². The van der Waals surface area contributed by atoms with Gasteiger partial charge in [-0.2, -0.15) is 0 Å². The first-order valence-corrected chi connectivity index (χ1v) is 12.7. The van der Waals surface area contributed by atoms with Crippen molar-refractivity contribution in [3.8, 4) is 5.75 Å². The molecule has 0 atom stereocenters. The third-order valence-corrected chi connectivity index (χ3v) is 7.29. The number of aromatic nitrogens is 2. The molecule has 0 saturated carbocycles. The normalized spacial score (nSPS) is 15.0. The van der Waals surface area contributed by atoms with Crippen LogP contribution >= 0.6 is 23.2 Å². The zero-order chi connectivity index (χ0) is 25.2. The maximum absolute atomic E-state index is 11.3. The number of carbonyl (C=O) groups is 1. The van der Waals surface area contributed by atoms with E-state index in [0.717, 1.165) is 67.3 Å². The second-order valence-corrected chi connectivity index (χ2v) is 10.1. The molecule has 1 aliphatic heterocycles. The summed E-state index contributed by atoms with van der Waals surface area (Å²) in [5, 5.41) is 10.3. The Morgan fingerprint density at radius 1 is 1.11 bits per heavy atom. The summed E-state index contributed by atoms with van der Waals surface area (Å²) in [5.74, 6) is 2.89. The highest BCUT2D eigenvalue weighted by Gasteiger charge is 2.22. The molecule has 2 aromatic heterocycles. The lowest BCUT2D eigenvalue weighted by Gasteiger charge is -2.31. The molecule has 188 valence electrons. The van der Waals surface area contributed by atoms with Crippen LogP contribution in [0.15, 0.2) is 52.9 Å². The van der Waals surface area contributed by atoms with Crippen molar-refractivity contribution in [2.45, 2.75) is 32.4 Å². The third-order valence-electron chi connectivity index (χ3n) is 6.76. The molecule has 1 saturated heterocycles. The predicted molar refractivity (Wildman–Crippen MR) is 139 cm³/mol. The van der Waals surface area contributed by atoms with Gasteiger partial charge in [0.2, 0.25) is 0 Å². The average Bonchev–Trinajstić information content (AvgIpc) is 3.43. The van der Waals surface area contributed by atoms with Crippen molar-refractivity contribution < 1.29 is 19.1 Å². The van der Waals surface area contributed by atoms with Gasteiger partial charge in [0, 0.05) is 18.5 Å². The number of halogens is 2. The van der Waals surface area contributed by atoms with Crippen molar-refractivity contribution >= 4 is 40.2 Å². The van der Waals surface area contributed by atoms with Gasteiger partial charge in [0.05, 0.1) is 28.2 Å². The Kier molecular flexibility index (Phi) is 7.23. The molecule has 1 fully saturated rings. The molecular formula is C27H27Cl2N3O4. The van der Waals surface area contributed by atoms with Crippen LogP contribution in [0.3, 0.4) is 0 Å². The number of aryl methyl sites for hydroxylation is 1. The number of likely N-dealkylation sites (tertiary alicyclic amines) is 1. The first-order chi connectivity index (χ1) is 17.4. The Morgan fingerprint density at radius 2 is 1.89 bits per heavy atom. The van der Waals surface area contributed by atoms with Crippen molar-refractivity contribution in [1.29, 1.82) is 0 Å². The lowest BCUT2D eigenvalue weighted by Crippen LogP contribution is -2.34. The van der Waals surface area contributed by atoms with E-state index in [9.17, 15) is 9.90 Å². The molecule has 7 nitrogen and oxygen atoms in total. The molecule has 0 bridgehead atoms. The molecule has 9 heteroatoms. The molecular weight excluding hydrogens is 501 g/mol. The summed E-state index contributed by atoms with van der Waals surface area (Å²) in [6.45, 7) is 3.03. The molecule has 3 heterocycles. The van der Waals surface area contributed by atoms with E-state index in [4.69, 9.17) is 37.3 Å². The molecule has 0 aliphatic carbocycles. The Hall–Kier alpha value is -3.00. The smallest absolute Gasteiger partial charge is 0.335 e. The van der Waals surface area contributed by atoms with E-state index in [-0.39, 0.29) is 5.56 Å². The highest BCUT2D eigenvalue weighted by atomic mass is 35.5. The van der Waals surface area contributed by atoms with Crippen LogP contribution in [0.25, 0.3) is 11.0 Å². The van der Waals surface area contributed by atoms with E-state index in [1.165, 1.54) is 0 Å². The van der Waals surface area contributed by atoms with Crippen molar-refractivity contribution in [2.24, 2.45) is 13.0 Å². The summed E-state index contributed by atoms with van der Waals surface area (Å²) in [5.41, 5.74) is 1.94. The zero-order valence-electron chi connectivity index (χ0n) is 19.9. The quantitative estimate of drug-likeness (QED) is 0.293. The van der Waals surface area contributed by atoms with Gasteiger partial charge in [-0.25, -0.2) is 9.78 Å². The van der Waals surface area contributed by atoms with Crippen LogP contribution in [0, 0.1) is 5.92 Å². The number of hydrogen-bond acceptors (Lipinski definition) is 5. The van der Waals surface area contributed by atoms with Crippen LogP contribution in [0.5, 0.6) is 5.75 Å². The number of imidazole rings is 1. The number of nitrogens with zero attached hydrogens (tertiary/aromatic N) is 3. The van der Waals surface area contributed by atoms with Gasteiger partial charge in [-0.05, 0) is 80.4 Å². The van der Waals surface area contributed by atoms with Crippen LogP contribution in [0.4, 0.5) is 0 Å². The van der Waals surface area contributed by atoms with Crippen LogP contribution in [0.1, 0.15) is 40.5 Å². The number of benzene rings is 2. The van der Waals surface area contributed by atoms with Gasteiger partial charge in [-0.15, -0.1) is 0 Å². The summed E-state index contributed by atoms with van der Waals surface area (Å²) in [6, 6.07) is 14.2. The first-order valence-electron chi connectivity index (χ1n) is 11.9. The van der Waals surface area contributed by atoms with Crippen molar-refractivity contribution in [2.75, 3.05) is 13.1 Å². The standard InChI is InChI=1S/C27H27Cl2N3O4/c1-31-24-13-18(27(33)34)2-6-23(24)30-26(31)15-32-10-8-17(9-11-32)12-20-4-5-21(36-20)16-35-25-7-3-19(28)14-22(25)29/h2-7,13-14,17H,8-12,15-16H2,1H3,(H,33,34). The van der Waals surface area contributed by atoms with E-state index >= 15 is 0 Å². The van der Waals surface area contributed by atoms with E-state index in [0.29, 0.717) is 28.3 Å². The van der Waals surface area contributed by atoms with E-state index in [2.05, 4.69) is 4.90 Å². The summed E-state index contributed by atoms with van der Waals surface area (Å²) in [6.07, 6.45) is 3.07. The molecule has 1 aliphatic rings. The lowest BCUT2D eigenvalue weighted by molar-refractivity contribution is 0.0697. The van der Waals surface area contributed by atoms with Crippen molar-refractivity contribution in [3.63, 3.8) is 0 Å². The zero-order valence-corrected chi connectivity index (χ0v) is 21.4. The SMILES string of the molecule is Cn1c(CN2CCC(Cc3ccc(COc4ccc(Cl)cc4Cl)o3)CC2)nc2ccc(C(=O)O)cc21. The molecule has 2 aromatic carbocycles. The Bertz CT molecular complexity index is 1390. The number of rotatable bonds is 8. The Morgan fingerprint density at radius 3 is 2.64 bits per heavy atom. The summed E-state index contributed by atoms with van der Waals surface area (Å²) >= 11 is 12.1. The third kappa shape index (κ3) is 5.53. The number of hydrogen-bond donors (Lipinski definition) is 1. The number of aromatic carboxylic acids is 1. The summed E-state index contributed by atoms with van der Waals surface area (Å²) in [7, 11) is 1.95. The molecule has 5 rings (SSSR count). The van der Waals surface area contributed by atoms with Crippen LogP contribution in [0.2, 0.25) is 10.0 Å². The van der Waals surface area contributed by atoms with Crippen molar-refractivity contribution in [3.05, 3.63) is 81.5 Å². The minimum Gasteiger partial charge on any atom is -0.484 e. The fourth-order valence-corrected chi connectivity index (χ4v) is 5.16. The number of fused-ring (bicyclic) bond motifs is 1. The van der Waals surface area contributed by atoms with Gasteiger partial charge in [0.1, 0.15) is 29.7 Å². The van der Waals surface area contributed by atoms with Crippen LogP contribution in [-0.2, 0) is 26.6 Å². The first kappa shape index (κ1) is 24.7. The minimum atomic E-state index is -0.927. The number of furan rings is 1. The maximum Gasteiger partial charge on any atom is 0.335 e. The van der Waals surface area contributed by atoms with Gasteiger partial charge in [-0.3, -0.25) is 4.90 Å². The fraction of sp³-hybridized carbons (Fsp3) is 0.333. The monoisotopic (exact) mass is 527 g/mol. The molecule has 0 amide bonds. The van der Waals surface area contributed by atoms with Gasteiger partial charge in [0.15, 0.2) is 0 Å². The largest absolute Gasteiger partial charge is 0.484 e. The van der Waals surface area contributed by atoms with Crippen molar-refractivity contribution in [1.82, 2.24) is 14.5 Å². The lowest BCUT2D eigenvalue weighted by atomic mass is 9.92. The van der Waals surface area contributed by atoms with Gasteiger partial charge in [-0.1, -0.05) is 23.2 Å². The predicted octanol–water partition coefficient (Wildman–Crippen LogP) is 6.21. The molecule has 1 N–H and O–H groups in total. The van der Waals surface area contributed by atoms with E-state index in [1.807, 2.05) is 23.7 Å². The molecule has 36 heavy (non-hydrogen) atoms. The summed E-state index contributed by atoms with van der Waals surface area (Å²) < 4.78 is 13.8. The van der Waals surface area contributed by atoms with Crippen LogP contribution in [-0.4, -0.2) is 38.6 Å². The Balaban J connectivity index is 1.12. The number of carboxylic acids is 1. The maximum atomic E-state index is 11.3. The molecule has 0 spiro atoms. The average molecular weight is 528 g/mol. The number of carboxylic acid groups (broad SMARTS) is 1. The molecule has 0 radical (unpaired) electrons. The highest BCUT2D eigenvalue weighted by Crippen LogP contribution is 2.29. The molecule has 0 unspecified atom stereocenters. The van der Waals surface area contributed by atoms with E-state index < -0.39 is 5.97 Å². The fourth-order valence-electron chi connectivity index (χ4n) is 4.70. The van der Waals surface area contributed by atoms with Gasteiger partial charge >= 0.3 is 5.97 Å². The Labute approximate surface area is 219 Å². The second kappa shape index (κ2) is 10.5. The minimum absolute atomic E-state index is 0.277.